The van der Waals surface area contributed by atoms with E-state index in [9.17, 15) is 9.59 Å². The third-order valence-corrected chi connectivity index (χ3v) is 7.13. The normalized spacial score (nSPS) is 20.3. The molecule has 2 aromatic rings. The lowest BCUT2D eigenvalue weighted by atomic mass is 9.95. The van der Waals surface area contributed by atoms with Crippen LogP contribution in [0.3, 0.4) is 0 Å². The van der Waals surface area contributed by atoms with Crippen LogP contribution in [0.4, 0.5) is 4.79 Å². The average molecular weight is 409 g/mol. The fourth-order valence-electron chi connectivity index (χ4n) is 5.35. The van der Waals surface area contributed by atoms with Crippen LogP contribution >= 0.6 is 0 Å². The minimum Gasteiger partial charge on any atom is -0.358 e. The van der Waals surface area contributed by atoms with Gasteiger partial charge in [-0.05, 0) is 62.3 Å². The number of H-pyrrole nitrogens is 1. The van der Waals surface area contributed by atoms with E-state index in [2.05, 4.69) is 22.4 Å². The van der Waals surface area contributed by atoms with Gasteiger partial charge in [0, 0.05) is 54.4 Å². The van der Waals surface area contributed by atoms with E-state index in [1.54, 1.807) is 0 Å². The van der Waals surface area contributed by atoms with Crippen molar-refractivity contribution < 1.29 is 9.59 Å². The van der Waals surface area contributed by atoms with Gasteiger partial charge in [0.2, 0.25) is 0 Å². The molecule has 0 spiro atoms. The molecule has 3 aliphatic rings. The molecule has 1 aromatic carbocycles. The Morgan fingerprint density at radius 2 is 1.63 bits per heavy atom. The van der Waals surface area contributed by atoms with Crippen molar-refractivity contribution in [1.82, 2.24) is 20.1 Å². The minimum atomic E-state index is 0.0365. The number of benzene rings is 1. The molecule has 0 bridgehead atoms. The Balaban J connectivity index is 1.22. The van der Waals surface area contributed by atoms with Gasteiger partial charge in [-0.3, -0.25) is 4.79 Å². The molecule has 30 heavy (non-hydrogen) atoms. The molecule has 1 aliphatic heterocycles. The van der Waals surface area contributed by atoms with E-state index in [1.165, 1.54) is 48.7 Å². The van der Waals surface area contributed by atoms with Crippen LogP contribution in [-0.4, -0.2) is 58.9 Å². The maximum absolute atomic E-state index is 13.1. The Morgan fingerprint density at radius 3 is 2.43 bits per heavy atom. The van der Waals surface area contributed by atoms with Crippen molar-refractivity contribution in [3.63, 3.8) is 0 Å². The first-order chi connectivity index (χ1) is 14.7. The second-order valence-electron chi connectivity index (χ2n) is 9.11. The number of urea groups is 1. The molecule has 3 amide bonds. The van der Waals surface area contributed by atoms with Crippen molar-refractivity contribution in [2.45, 2.75) is 63.8 Å². The van der Waals surface area contributed by atoms with E-state index in [1.807, 2.05) is 15.9 Å². The van der Waals surface area contributed by atoms with E-state index < -0.39 is 0 Å². The molecule has 1 saturated carbocycles. The quantitative estimate of drug-likeness (QED) is 0.793. The summed E-state index contributed by atoms with van der Waals surface area (Å²) in [5.41, 5.74) is 4.64. The molecule has 6 heteroatoms. The summed E-state index contributed by atoms with van der Waals surface area (Å²) >= 11 is 0. The lowest BCUT2D eigenvalue weighted by Gasteiger charge is -2.36. The highest BCUT2D eigenvalue weighted by Crippen LogP contribution is 2.30. The molecule has 0 unspecified atom stereocenters. The first-order valence-electron chi connectivity index (χ1n) is 11.7. The standard InChI is InChI=1S/C24H32N4O2/c29-23(17-10-11-22-20(16-17)19-8-4-5-9-21(19)26-22)27-12-14-28(15-13-27)24(30)25-18-6-2-1-3-7-18/h10-11,16,18,26H,1-9,12-15H2,(H,25,30). The Morgan fingerprint density at radius 1 is 0.900 bits per heavy atom. The molecule has 2 N–H and O–H groups in total. The molecule has 2 fully saturated rings. The highest BCUT2D eigenvalue weighted by molar-refractivity contribution is 5.99. The molecular weight excluding hydrogens is 376 g/mol. The number of aryl methyl sites for hydroxylation is 2. The van der Waals surface area contributed by atoms with Gasteiger partial charge in [0.25, 0.3) is 5.91 Å². The number of rotatable bonds is 2. The summed E-state index contributed by atoms with van der Waals surface area (Å²) in [4.78, 5) is 33.0. The van der Waals surface area contributed by atoms with Crippen molar-refractivity contribution in [2.24, 2.45) is 0 Å². The summed E-state index contributed by atoms with van der Waals surface area (Å²) in [6.07, 6.45) is 10.6. The maximum atomic E-state index is 13.1. The molecule has 0 radical (unpaired) electrons. The molecular formula is C24H32N4O2. The number of fused-ring (bicyclic) bond motifs is 3. The lowest BCUT2D eigenvalue weighted by molar-refractivity contribution is 0.0662. The largest absolute Gasteiger partial charge is 0.358 e. The number of hydrogen-bond donors (Lipinski definition) is 2. The van der Waals surface area contributed by atoms with E-state index in [-0.39, 0.29) is 11.9 Å². The van der Waals surface area contributed by atoms with Crippen LogP contribution in [0.15, 0.2) is 18.2 Å². The van der Waals surface area contributed by atoms with Gasteiger partial charge in [-0.2, -0.15) is 0 Å². The van der Waals surface area contributed by atoms with Crippen LogP contribution in [0.5, 0.6) is 0 Å². The van der Waals surface area contributed by atoms with Crippen molar-refractivity contribution >= 4 is 22.8 Å². The highest BCUT2D eigenvalue weighted by atomic mass is 16.2. The number of carbonyl (C=O) groups is 2. The van der Waals surface area contributed by atoms with Crippen LogP contribution in [0.25, 0.3) is 10.9 Å². The summed E-state index contributed by atoms with van der Waals surface area (Å²) in [5, 5.41) is 4.40. The van der Waals surface area contributed by atoms with E-state index in [0.717, 1.165) is 36.8 Å². The number of piperazine rings is 1. The van der Waals surface area contributed by atoms with Gasteiger partial charge in [-0.25, -0.2) is 4.79 Å². The zero-order chi connectivity index (χ0) is 20.5. The first kappa shape index (κ1) is 19.5. The number of nitrogens with one attached hydrogen (secondary N) is 2. The smallest absolute Gasteiger partial charge is 0.317 e. The third-order valence-electron chi connectivity index (χ3n) is 7.13. The van der Waals surface area contributed by atoms with Gasteiger partial charge in [0.05, 0.1) is 0 Å². The lowest BCUT2D eigenvalue weighted by Crippen LogP contribution is -2.54. The van der Waals surface area contributed by atoms with Gasteiger partial charge < -0.3 is 20.1 Å². The monoisotopic (exact) mass is 408 g/mol. The Labute approximate surface area is 178 Å². The van der Waals surface area contributed by atoms with E-state index >= 15 is 0 Å². The van der Waals surface area contributed by atoms with E-state index in [4.69, 9.17) is 0 Å². The van der Waals surface area contributed by atoms with E-state index in [0.29, 0.717) is 32.2 Å². The van der Waals surface area contributed by atoms with Gasteiger partial charge in [0.15, 0.2) is 0 Å². The molecule has 2 heterocycles. The average Bonchev–Trinajstić information content (AvgIpc) is 3.17. The zero-order valence-electron chi connectivity index (χ0n) is 17.7. The summed E-state index contributed by atoms with van der Waals surface area (Å²) in [6.45, 7) is 2.40. The fourth-order valence-corrected chi connectivity index (χ4v) is 5.35. The van der Waals surface area contributed by atoms with Crippen LogP contribution in [-0.2, 0) is 12.8 Å². The topological polar surface area (TPSA) is 68.4 Å². The number of amides is 3. The molecule has 2 aliphatic carbocycles. The van der Waals surface area contributed by atoms with Crippen molar-refractivity contribution in [3.8, 4) is 0 Å². The van der Waals surface area contributed by atoms with Gasteiger partial charge >= 0.3 is 6.03 Å². The Hall–Kier alpha value is -2.50. The molecule has 1 saturated heterocycles. The summed E-state index contributed by atoms with van der Waals surface area (Å²) < 4.78 is 0. The summed E-state index contributed by atoms with van der Waals surface area (Å²) in [6, 6.07) is 6.42. The van der Waals surface area contributed by atoms with Crippen LogP contribution < -0.4 is 5.32 Å². The zero-order valence-corrected chi connectivity index (χ0v) is 17.7. The molecule has 0 atom stereocenters. The van der Waals surface area contributed by atoms with Crippen molar-refractivity contribution in [1.29, 1.82) is 0 Å². The van der Waals surface area contributed by atoms with Crippen molar-refractivity contribution in [3.05, 3.63) is 35.0 Å². The number of nitrogens with zero attached hydrogens (tertiary/aromatic N) is 2. The molecule has 160 valence electrons. The molecule has 5 rings (SSSR count). The SMILES string of the molecule is O=C(NC1CCCCC1)N1CCN(C(=O)c2ccc3[nH]c4c(c3c2)CCCC4)CC1. The second-order valence-corrected chi connectivity index (χ2v) is 9.11. The summed E-state index contributed by atoms with van der Waals surface area (Å²) in [7, 11) is 0. The number of carbonyl (C=O) groups excluding carboxylic acids is 2. The fraction of sp³-hybridized carbons (Fsp3) is 0.583. The number of hydrogen-bond acceptors (Lipinski definition) is 2. The predicted molar refractivity (Wildman–Crippen MR) is 118 cm³/mol. The highest BCUT2D eigenvalue weighted by Gasteiger charge is 2.27. The Kier molecular flexibility index (Phi) is 5.40. The van der Waals surface area contributed by atoms with Crippen LogP contribution in [0.2, 0.25) is 0 Å². The predicted octanol–water partition coefficient (Wildman–Crippen LogP) is 3.85. The van der Waals surface area contributed by atoms with Crippen LogP contribution in [0.1, 0.15) is 66.6 Å². The maximum Gasteiger partial charge on any atom is 0.317 e. The third kappa shape index (κ3) is 3.80. The summed E-state index contributed by atoms with van der Waals surface area (Å²) in [5.74, 6) is 0.0787. The number of aromatic amines is 1. The van der Waals surface area contributed by atoms with Gasteiger partial charge in [-0.15, -0.1) is 0 Å². The van der Waals surface area contributed by atoms with Gasteiger partial charge in [-0.1, -0.05) is 19.3 Å². The Bertz CT molecular complexity index is 936. The molecule has 1 aromatic heterocycles. The van der Waals surface area contributed by atoms with Gasteiger partial charge in [0.1, 0.15) is 0 Å². The van der Waals surface area contributed by atoms with Crippen molar-refractivity contribution in [2.75, 3.05) is 26.2 Å². The molecule has 6 nitrogen and oxygen atoms in total. The first-order valence-corrected chi connectivity index (χ1v) is 11.7. The second kappa shape index (κ2) is 8.32. The van der Waals surface area contributed by atoms with Crippen LogP contribution in [0, 0.1) is 0 Å². The minimum absolute atomic E-state index is 0.0365. The number of aromatic nitrogens is 1.